The Kier molecular flexibility index (Phi) is 4.45. The Hall–Kier alpha value is -2.88. The Bertz CT molecular complexity index is 1010. The van der Waals surface area contributed by atoms with Gasteiger partial charge in [0.15, 0.2) is 0 Å². The van der Waals surface area contributed by atoms with Gasteiger partial charge in [0, 0.05) is 5.56 Å². The number of hydrogen-bond donors (Lipinski definition) is 1. The van der Waals surface area contributed by atoms with Gasteiger partial charge in [-0.1, -0.05) is 18.2 Å². The van der Waals surface area contributed by atoms with Crippen molar-refractivity contribution in [2.24, 2.45) is 0 Å². The van der Waals surface area contributed by atoms with Crippen LogP contribution in [-0.4, -0.2) is 18.3 Å². The number of halogens is 4. The van der Waals surface area contributed by atoms with Crippen molar-refractivity contribution in [1.29, 1.82) is 0 Å². The molecule has 1 N–H and O–H groups in total. The maximum absolute atomic E-state index is 13.3. The summed E-state index contributed by atoms with van der Waals surface area (Å²) in [6.45, 7) is 0. The molecule has 3 rings (SSSR count). The third-order valence-electron chi connectivity index (χ3n) is 3.45. The third-order valence-corrected chi connectivity index (χ3v) is 4.76. The second-order valence-electron chi connectivity index (χ2n) is 5.23. The van der Waals surface area contributed by atoms with Gasteiger partial charge < -0.3 is 0 Å². The van der Waals surface area contributed by atoms with Crippen molar-refractivity contribution in [3.8, 4) is 11.3 Å². The molecular weight excluding hydrogens is 374 g/mol. The van der Waals surface area contributed by atoms with E-state index >= 15 is 0 Å². The van der Waals surface area contributed by atoms with Crippen molar-refractivity contribution in [3.63, 3.8) is 0 Å². The van der Waals surface area contributed by atoms with Crippen LogP contribution in [0, 0.1) is 5.82 Å². The van der Waals surface area contributed by atoms with Crippen molar-refractivity contribution in [2.75, 3.05) is 4.83 Å². The molecule has 0 unspecified atom stereocenters. The first kappa shape index (κ1) is 17.9. The van der Waals surface area contributed by atoms with Gasteiger partial charge in [-0.2, -0.15) is 36.3 Å². The number of benzene rings is 2. The van der Waals surface area contributed by atoms with E-state index in [2.05, 4.69) is 5.10 Å². The number of alkyl halides is 3. The summed E-state index contributed by atoms with van der Waals surface area (Å²) < 4.78 is 77.7. The molecule has 5 nitrogen and oxygen atoms in total. The highest BCUT2D eigenvalue weighted by molar-refractivity contribution is 7.92. The number of nitrogens with one attached hydrogen (secondary N) is 1. The molecule has 1 heterocycles. The fraction of sp³-hybridized carbons (Fsp3) is 0.0625. The van der Waals surface area contributed by atoms with Crippen LogP contribution in [0.2, 0.25) is 0 Å². The molecule has 136 valence electrons. The second-order valence-corrected chi connectivity index (χ2v) is 6.89. The summed E-state index contributed by atoms with van der Waals surface area (Å²) in [4.78, 5) is 2.36. The van der Waals surface area contributed by atoms with E-state index < -0.39 is 33.3 Å². The standard InChI is InChI=1S/C16H11F4N3O2S/c17-12-8-6-11(7-9-12)15-14(16(18,19)20)10-21-23(15)22-26(24,25)13-4-2-1-3-5-13/h1-10,22H. The van der Waals surface area contributed by atoms with Gasteiger partial charge >= 0.3 is 6.18 Å². The Morgan fingerprint density at radius 2 is 1.58 bits per heavy atom. The molecule has 0 spiro atoms. The van der Waals surface area contributed by atoms with Crippen molar-refractivity contribution in [3.05, 3.63) is 72.2 Å². The first-order valence-electron chi connectivity index (χ1n) is 7.17. The highest BCUT2D eigenvalue weighted by Gasteiger charge is 2.37. The van der Waals surface area contributed by atoms with Crippen molar-refractivity contribution in [1.82, 2.24) is 9.89 Å². The highest BCUT2D eigenvalue weighted by atomic mass is 32.2. The summed E-state index contributed by atoms with van der Waals surface area (Å²) in [5.41, 5.74) is -1.75. The summed E-state index contributed by atoms with van der Waals surface area (Å²) >= 11 is 0. The second kappa shape index (κ2) is 6.45. The number of hydrogen-bond acceptors (Lipinski definition) is 3. The van der Waals surface area contributed by atoms with Gasteiger partial charge in [-0.05, 0) is 36.4 Å². The van der Waals surface area contributed by atoms with E-state index in [0.29, 0.717) is 11.0 Å². The van der Waals surface area contributed by atoms with E-state index in [1.165, 1.54) is 24.3 Å². The molecule has 0 aliphatic carbocycles. The number of nitrogens with zero attached hydrogens (tertiary/aromatic N) is 2. The average molecular weight is 385 g/mol. The zero-order valence-corrected chi connectivity index (χ0v) is 13.7. The molecule has 0 aliphatic rings. The lowest BCUT2D eigenvalue weighted by Gasteiger charge is -2.13. The molecule has 10 heteroatoms. The molecule has 0 saturated carbocycles. The molecule has 2 aromatic carbocycles. The minimum absolute atomic E-state index is 0.0491. The first-order chi connectivity index (χ1) is 12.2. The Morgan fingerprint density at radius 3 is 2.15 bits per heavy atom. The van der Waals surface area contributed by atoms with Gasteiger partial charge in [-0.25, -0.2) is 4.39 Å². The van der Waals surface area contributed by atoms with Crippen molar-refractivity contribution >= 4 is 10.0 Å². The zero-order chi connectivity index (χ0) is 18.9. The van der Waals surface area contributed by atoms with E-state index in [-0.39, 0.29) is 10.5 Å². The molecule has 0 atom stereocenters. The summed E-state index contributed by atoms with van der Waals surface area (Å²) in [5, 5.41) is 3.50. The summed E-state index contributed by atoms with van der Waals surface area (Å²) in [5.74, 6) is -0.641. The van der Waals surface area contributed by atoms with Gasteiger partial charge in [0.1, 0.15) is 17.1 Å². The van der Waals surface area contributed by atoms with Crippen LogP contribution in [-0.2, 0) is 16.2 Å². The Balaban J connectivity index is 2.11. The van der Waals surface area contributed by atoms with Crippen molar-refractivity contribution < 1.29 is 26.0 Å². The lowest BCUT2D eigenvalue weighted by Crippen LogP contribution is -2.25. The molecular formula is C16H11F4N3O2S. The molecule has 0 radical (unpaired) electrons. The van der Waals surface area contributed by atoms with Crippen LogP contribution in [0.5, 0.6) is 0 Å². The summed E-state index contributed by atoms with van der Waals surface area (Å²) in [7, 11) is -4.18. The number of aromatic nitrogens is 2. The zero-order valence-electron chi connectivity index (χ0n) is 12.9. The first-order valence-corrected chi connectivity index (χ1v) is 8.66. The van der Waals surface area contributed by atoms with Crippen LogP contribution >= 0.6 is 0 Å². The van der Waals surface area contributed by atoms with E-state index in [0.717, 1.165) is 24.3 Å². The molecule has 0 aliphatic heterocycles. The fourth-order valence-electron chi connectivity index (χ4n) is 2.28. The third kappa shape index (κ3) is 3.54. The van der Waals surface area contributed by atoms with Crippen LogP contribution in [0.4, 0.5) is 17.6 Å². The molecule has 0 saturated heterocycles. The van der Waals surface area contributed by atoms with Crippen molar-refractivity contribution in [2.45, 2.75) is 11.1 Å². The number of sulfonamides is 1. The quantitative estimate of drug-likeness (QED) is 0.698. The van der Waals surface area contributed by atoms with E-state index in [9.17, 15) is 26.0 Å². The lowest BCUT2D eigenvalue weighted by atomic mass is 10.1. The minimum Gasteiger partial charge on any atom is -0.207 e. The van der Waals surface area contributed by atoms with Gasteiger partial charge in [0.25, 0.3) is 10.0 Å². The largest absolute Gasteiger partial charge is 0.420 e. The monoisotopic (exact) mass is 385 g/mol. The molecule has 0 bridgehead atoms. The predicted molar refractivity (Wildman–Crippen MR) is 85.6 cm³/mol. The predicted octanol–water partition coefficient (Wildman–Crippen LogP) is 3.64. The SMILES string of the molecule is O=S(=O)(Nn1ncc(C(F)(F)F)c1-c1ccc(F)cc1)c1ccccc1. The molecule has 1 aromatic heterocycles. The van der Waals surface area contributed by atoms with Gasteiger partial charge in [0.2, 0.25) is 0 Å². The van der Waals surface area contributed by atoms with Gasteiger partial charge in [-0.15, -0.1) is 0 Å². The Morgan fingerprint density at radius 1 is 0.962 bits per heavy atom. The van der Waals surface area contributed by atoms with Crippen LogP contribution in [0.15, 0.2) is 65.7 Å². The van der Waals surface area contributed by atoms with E-state index in [4.69, 9.17) is 0 Å². The maximum atomic E-state index is 13.3. The van der Waals surface area contributed by atoms with Crippen LogP contribution in [0.25, 0.3) is 11.3 Å². The molecule has 0 fully saturated rings. The fourth-order valence-corrected chi connectivity index (χ4v) is 3.26. The lowest BCUT2D eigenvalue weighted by molar-refractivity contribution is -0.137. The van der Waals surface area contributed by atoms with Crippen LogP contribution in [0.3, 0.4) is 0 Å². The van der Waals surface area contributed by atoms with Crippen LogP contribution in [0.1, 0.15) is 5.56 Å². The van der Waals surface area contributed by atoms with Crippen LogP contribution < -0.4 is 4.83 Å². The topological polar surface area (TPSA) is 64.0 Å². The molecule has 3 aromatic rings. The molecule has 0 amide bonds. The van der Waals surface area contributed by atoms with Gasteiger partial charge in [0.05, 0.1) is 11.1 Å². The minimum atomic E-state index is -4.78. The Labute approximate surface area is 145 Å². The highest BCUT2D eigenvalue weighted by Crippen LogP contribution is 2.36. The smallest absolute Gasteiger partial charge is 0.207 e. The van der Waals surface area contributed by atoms with E-state index in [1.807, 2.05) is 4.83 Å². The summed E-state index contributed by atoms with van der Waals surface area (Å²) in [6, 6.07) is 11.3. The maximum Gasteiger partial charge on any atom is 0.420 e. The van der Waals surface area contributed by atoms with Gasteiger partial charge in [-0.3, -0.25) is 0 Å². The average Bonchev–Trinajstić information content (AvgIpc) is 2.99. The molecule has 26 heavy (non-hydrogen) atoms. The summed E-state index contributed by atoms with van der Waals surface area (Å²) in [6.07, 6.45) is -4.27. The van der Waals surface area contributed by atoms with E-state index in [1.54, 1.807) is 6.07 Å². The normalized spacial score (nSPS) is 12.2. The number of rotatable bonds is 4.